The minimum atomic E-state index is -0.106. The molecule has 0 amide bonds. The molecule has 3 saturated carbocycles. The van der Waals surface area contributed by atoms with Gasteiger partial charge in [-0.25, -0.2) is 0 Å². The molecule has 0 spiro atoms. The summed E-state index contributed by atoms with van der Waals surface area (Å²) in [6.45, 7) is 5.51. The third-order valence-corrected chi connectivity index (χ3v) is 32.3. The van der Waals surface area contributed by atoms with Gasteiger partial charge in [0.1, 0.15) is 0 Å². The highest BCUT2D eigenvalue weighted by Crippen LogP contribution is 2.74. The molecule has 4 unspecified atom stereocenters. The third kappa shape index (κ3) is 6.79. The Morgan fingerprint density at radius 2 is 0.663 bits per heavy atom. The van der Waals surface area contributed by atoms with Crippen LogP contribution in [0.1, 0.15) is 168 Å². The van der Waals surface area contributed by atoms with Crippen LogP contribution < -0.4 is 31.9 Å². The number of likely N-dealkylation sites (tertiary alicyclic amines) is 5. The molecule has 11 heterocycles. The van der Waals surface area contributed by atoms with Gasteiger partial charge >= 0.3 is 0 Å². The number of anilines is 6. The molecule has 4 bridgehead atoms. The molecule has 11 heteroatoms. The molecule has 5 aliphatic carbocycles. The van der Waals surface area contributed by atoms with Crippen LogP contribution in [-0.4, -0.2) is 129 Å². The maximum absolute atomic E-state index is 4.45. The van der Waals surface area contributed by atoms with Crippen LogP contribution in [-0.2, 0) is 56.2 Å². The highest BCUT2D eigenvalue weighted by Gasteiger charge is 2.74. The van der Waals surface area contributed by atoms with Gasteiger partial charge in [0.15, 0.2) is 0 Å². The molecule has 5 saturated heterocycles. The smallest absolute Gasteiger partial charge is 0.0933 e. The number of benzene rings is 8. The Labute approximate surface area is 597 Å². The molecule has 514 valence electrons. The predicted molar refractivity (Wildman–Crippen MR) is 408 cm³/mol. The van der Waals surface area contributed by atoms with Crippen LogP contribution in [0.5, 0.6) is 0 Å². The largest absolute Gasteiger partial charge is 0.381 e. The van der Waals surface area contributed by atoms with Gasteiger partial charge in [0.2, 0.25) is 0 Å². The summed E-state index contributed by atoms with van der Waals surface area (Å²) in [4.78, 5) is 13.2. The predicted octanol–water partition coefficient (Wildman–Crippen LogP) is 15.0. The fourth-order valence-corrected chi connectivity index (χ4v) is 28.8. The molecular weight excluding hydrogens is 1240 g/mol. The highest BCUT2D eigenvalue weighted by molar-refractivity contribution is 5.83. The molecule has 0 radical (unpaired) electrons. The van der Waals surface area contributed by atoms with E-state index in [-0.39, 0.29) is 68.0 Å². The lowest BCUT2D eigenvalue weighted by molar-refractivity contribution is -0.0694. The van der Waals surface area contributed by atoms with Gasteiger partial charge in [-0.3, -0.25) is 24.5 Å². The summed E-state index contributed by atoms with van der Waals surface area (Å²) in [5.74, 6) is 1.46. The van der Waals surface area contributed by atoms with Gasteiger partial charge in [-0.15, -0.1) is 0 Å². The van der Waals surface area contributed by atoms with E-state index in [1.165, 1.54) is 150 Å². The van der Waals surface area contributed by atoms with Crippen LogP contribution in [0.2, 0.25) is 0 Å². The van der Waals surface area contributed by atoms with Crippen molar-refractivity contribution >= 4 is 34.1 Å². The average Bonchev–Trinajstić information content (AvgIpc) is 1.40. The normalized spacial score (nSPS) is 38.3. The number of piperidine rings is 2. The van der Waals surface area contributed by atoms with E-state index < -0.39 is 0 Å². The second kappa shape index (κ2) is 20.4. The quantitative estimate of drug-likeness (QED) is 0.0996. The molecule has 6 N–H and O–H groups in total. The van der Waals surface area contributed by atoms with Gasteiger partial charge in [-0.05, 0) is 227 Å². The van der Waals surface area contributed by atoms with Crippen LogP contribution in [0.15, 0.2) is 170 Å². The second-order valence-corrected chi connectivity index (χ2v) is 35.1. The highest BCUT2D eigenvalue weighted by atomic mass is 15.4. The van der Waals surface area contributed by atoms with Crippen LogP contribution in [0.4, 0.5) is 34.1 Å². The Balaban J connectivity index is 0.000000125. The summed E-state index contributed by atoms with van der Waals surface area (Å²) in [5, 5.41) is 25.3. The van der Waals surface area contributed by atoms with E-state index in [4.69, 9.17) is 0 Å². The second-order valence-electron chi connectivity index (χ2n) is 35.1. The van der Waals surface area contributed by atoms with E-state index in [1.54, 1.807) is 38.9 Å². The Bertz CT molecular complexity index is 4850. The summed E-state index contributed by atoms with van der Waals surface area (Å²) in [5.41, 5.74) is 30.5. The van der Waals surface area contributed by atoms with Crippen molar-refractivity contribution < 1.29 is 0 Å². The van der Waals surface area contributed by atoms with Crippen molar-refractivity contribution in [1.82, 2.24) is 24.5 Å². The van der Waals surface area contributed by atoms with Gasteiger partial charge in [-0.2, -0.15) is 0 Å². The number of para-hydroxylation sites is 6. The first kappa shape index (κ1) is 59.8. The lowest BCUT2D eigenvalue weighted by Gasteiger charge is -2.72. The number of hydrogen-bond acceptors (Lipinski definition) is 11. The van der Waals surface area contributed by atoms with Gasteiger partial charge in [0, 0.05) is 105 Å². The monoisotopic (exact) mass is 1330 g/mol. The van der Waals surface area contributed by atoms with Crippen LogP contribution in [0.25, 0.3) is 0 Å². The molecule has 11 aliphatic heterocycles. The van der Waals surface area contributed by atoms with E-state index in [0.717, 1.165) is 64.3 Å². The molecule has 8 aromatic rings. The van der Waals surface area contributed by atoms with Gasteiger partial charge in [-0.1, -0.05) is 171 Å². The van der Waals surface area contributed by atoms with E-state index >= 15 is 0 Å². The molecule has 8 fully saturated rings. The van der Waals surface area contributed by atoms with Crippen molar-refractivity contribution in [2.24, 2.45) is 11.8 Å². The van der Waals surface area contributed by atoms with Crippen molar-refractivity contribution in [1.29, 1.82) is 0 Å². The van der Waals surface area contributed by atoms with Crippen molar-refractivity contribution in [3.63, 3.8) is 0 Å². The maximum atomic E-state index is 4.45. The van der Waals surface area contributed by atoms with Crippen molar-refractivity contribution in [2.45, 2.75) is 183 Å². The minimum Gasteiger partial charge on any atom is -0.381 e. The fourth-order valence-electron chi connectivity index (χ4n) is 28.8. The van der Waals surface area contributed by atoms with Gasteiger partial charge in [0.25, 0.3) is 0 Å². The number of hydrogen-bond donors (Lipinski definition) is 6. The molecular formula is C90H99N11. The Morgan fingerprint density at radius 1 is 0.277 bits per heavy atom. The summed E-state index contributed by atoms with van der Waals surface area (Å²) >= 11 is 0. The first-order valence-corrected chi connectivity index (χ1v) is 39.5. The SMILES string of the molecule is CN1CCC23c4cccc([C@]56CCC[C@H]5Nc5ccccc56)c4NC1C21CCN(C)C3Nc2c1cccc2[C@]12CCN(C)[C@H]1Nc1ccccc12.CN1CC[C@]2(c3cccc4c3N[C@H]3N(C)CC[C@@]43[C@]34CCC[C@H]3Cc3c([C@]56CCC[C@H]5Cc5ccccc56)cccc34)c3ccccc3N[C@H]12. The van der Waals surface area contributed by atoms with E-state index in [0.29, 0.717) is 18.1 Å². The zero-order valence-corrected chi connectivity index (χ0v) is 59.9. The molecule has 16 aliphatic rings. The lowest BCUT2D eigenvalue weighted by Crippen LogP contribution is -2.80. The molecule has 24 rings (SSSR count). The number of likely N-dealkylation sites (N-methyl/N-ethyl adjacent to an activating group) is 5. The van der Waals surface area contributed by atoms with Crippen LogP contribution in [0.3, 0.4) is 0 Å². The number of nitrogens with one attached hydrogen (secondary N) is 6. The molecule has 101 heavy (non-hydrogen) atoms. The standard InChI is InChI=1S/C46H50N4.C44H49N7/c1-49-25-23-44(36-15-5-6-20-39(36)47-41(44)49)37-18-8-19-38-40(37)48-42-46(38,24-26-50(42)2)45-22-10-13-31(45)28-32-34(16-7-17-35(32)45)43-21-9-12-30(43)27-29-11-3-4-14-33(29)43;1-49-24-21-42(28-12-5-7-18-34(28)46-38(42)49)30-14-9-16-32-37(30)48-40-43-22-25-50(2)39(44(32,43)23-26-51(40)3)47-36-29(13-8-15-31(36)43)41-20-10-19-35(41)45-33-17-6-4-11-27(33)41/h3-8,11,14-20,30-31,41-42,47-48H,9-10,12-13,21-28H2,1-2H3;4-9,11-18,35,38-40,45-48H,10,19-26H2,1-3H3/t30-,31-,41+,42-,43+,44+,45+,46+;35-,38-,39?,40?,41-,42-,43?,44?/m01/s1. The van der Waals surface area contributed by atoms with Crippen molar-refractivity contribution in [3.05, 3.63) is 248 Å². The maximum Gasteiger partial charge on any atom is 0.0933 e. The summed E-state index contributed by atoms with van der Waals surface area (Å²) in [7, 11) is 11.8. The molecule has 8 aromatic carbocycles. The first-order chi connectivity index (χ1) is 49.5. The van der Waals surface area contributed by atoms with Crippen LogP contribution >= 0.6 is 0 Å². The first-order valence-electron chi connectivity index (χ1n) is 39.5. The zero-order valence-electron chi connectivity index (χ0n) is 59.9. The van der Waals surface area contributed by atoms with Gasteiger partial charge in [0.05, 0.1) is 41.7 Å². The van der Waals surface area contributed by atoms with Gasteiger partial charge < -0.3 is 31.9 Å². The van der Waals surface area contributed by atoms with E-state index in [1.807, 2.05) is 0 Å². The van der Waals surface area contributed by atoms with Crippen molar-refractivity contribution in [2.75, 3.05) is 99.9 Å². The minimum absolute atomic E-state index is 0.0112. The fraction of sp³-hybridized carbons (Fsp3) is 0.467. The third-order valence-electron chi connectivity index (χ3n) is 32.3. The Kier molecular flexibility index (Phi) is 12.1. The Hall–Kier alpha value is -7.64. The van der Waals surface area contributed by atoms with E-state index in [2.05, 4.69) is 261 Å². The molecule has 0 aromatic heterocycles. The summed E-state index contributed by atoms with van der Waals surface area (Å²) < 4.78 is 0. The van der Waals surface area contributed by atoms with E-state index in [9.17, 15) is 0 Å². The summed E-state index contributed by atoms with van der Waals surface area (Å²) in [6.07, 6.45) is 21.3. The molecule has 11 nitrogen and oxygen atoms in total. The number of rotatable bonds is 5. The zero-order chi connectivity index (χ0) is 66.9. The Morgan fingerprint density at radius 3 is 1.22 bits per heavy atom. The topological polar surface area (TPSA) is 88.4 Å². The van der Waals surface area contributed by atoms with Crippen LogP contribution in [0, 0.1) is 11.8 Å². The molecule has 16 atom stereocenters. The lowest BCUT2D eigenvalue weighted by atomic mass is 9.44. The number of fused-ring (bicyclic) bond motifs is 21. The van der Waals surface area contributed by atoms with Crippen molar-refractivity contribution in [3.8, 4) is 0 Å². The summed E-state index contributed by atoms with van der Waals surface area (Å²) in [6, 6.07) is 67.5. The average molecular weight is 1330 g/mol. The number of nitrogens with zero attached hydrogens (tertiary/aromatic N) is 5.